The molecule has 0 saturated heterocycles. The highest BCUT2D eigenvalue weighted by molar-refractivity contribution is 7.93. The Balaban J connectivity index is 2.10. The minimum Gasteiger partial charge on any atom is -0.279 e. The van der Waals surface area contributed by atoms with E-state index in [0.717, 1.165) is 0 Å². The largest absolute Gasteiger partial charge is 0.279 e. The molecule has 0 spiro atoms. The topological polar surface area (TPSA) is 102 Å². The van der Waals surface area contributed by atoms with E-state index in [4.69, 9.17) is 0 Å². The fourth-order valence-corrected chi connectivity index (χ4v) is 3.73. The summed E-state index contributed by atoms with van der Waals surface area (Å²) in [5.41, 5.74) is 0.609. The van der Waals surface area contributed by atoms with Crippen LogP contribution in [0.15, 0.2) is 59.6 Å². The highest BCUT2D eigenvalue weighted by atomic mass is 32.2. The number of pyridine rings is 1. The second-order valence-corrected chi connectivity index (χ2v) is 6.79. The lowest BCUT2D eigenvalue weighted by Gasteiger charge is -2.12. The Hall–Kier alpha value is -3.00. The Morgan fingerprint density at radius 1 is 1.08 bits per heavy atom. The van der Waals surface area contributed by atoms with Crippen molar-refractivity contribution in [2.24, 2.45) is 0 Å². The summed E-state index contributed by atoms with van der Waals surface area (Å²) in [4.78, 5) is 14.6. The van der Waals surface area contributed by atoms with Crippen LogP contribution in [0, 0.1) is 17.0 Å². The summed E-state index contributed by atoms with van der Waals surface area (Å²) in [7, 11) is -3.94. The average molecular weight is 343 g/mol. The third-order valence-corrected chi connectivity index (χ3v) is 5.03. The molecule has 0 unspecified atom stereocenters. The minimum atomic E-state index is -3.94. The third kappa shape index (κ3) is 2.79. The molecule has 0 saturated carbocycles. The molecule has 3 aromatic rings. The van der Waals surface area contributed by atoms with Crippen molar-refractivity contribution in [3.05, 3.63) is 70.4 Å². The van der Waals surface area contributed by atoms with Gasteiger partial charge in [-0.1, -0.05) is 24.3 Å². The number of nitro benzene ring substituents is 1. The number of benzene rings is 2. The van der Waals surface area contributed by atoms with Gasteiger partial charge in [-0.25, -0.2) is 8.42 Å². The molecule has 0 aliphatic heterocycles. The van der Waals surface area contributed by atoms with Crippen LogP contribution in [0.4, 0.5) is 11.4 Å². The Labute approximate surface area is 138 Å². The normalized spacial score (nSPS) is 11.4. The van der Waals surface area contributed by atoms with Gasteiger partial charge >= 0.3 is 0 Å². The first-order chi connectivity index (χ1) is 11.4. The van der Waals surface area contributed by atoms with Gasteiger partial charge < -0.3 is 0 Å². The standard InChI is InChI=1S/C16H13N3O4S/c1-11-13(7-3-8-14(11)19(20)21)18-24(22,23)15-9-2-5-12-6-4-10-17-16(12)15/h2-10,18H,1H3. The molecule has 8 heteroatoms. The lowest BCUT2D eigenvalue weighted by atomic mass is 10.2. The first-order valence-corrected chi connectivity index (χ1v) is 8.49. The lowest BCUT2D eigenvalue weighted by Crippen LogP contribution is -2.15. The molecular weight excluding hydrogens is 330 g/mol. The van der Waals surface area contributed by atoms with Crippen molar-refractivity contribution in [2.75, 3.05) is 4.72 Å². The van der Waals surface area contributed by atoms with E-state index in [2.05, 4.69) is 9.71 Å². The summed E-state index contributed by atoms with van der Waals surface area (Å²) in [6.45, 7) is 1.50. The monoisotopic (exact) mass is 343 g/mol. The number of fused-ring (bicyclic) bond motifs is 1. The Bertz CT molecular complexity index is 1040. The number of hydrogen-bond donors (Lipinski definition) is 1. The van der Waals surface area contributed by atoms with Gasteiger partial charge in [0.25, 0.3) is 15.7 Å². The predicted molar refractivity (Wildman–Crippen MR) is 90.4 cm³/mol. The van der Waals surface area contributed by atoms with E-state index in [9.17, 15) is 18.5 Å². The van der Waals surface area contributed by atoms with Crippen molar-refractivity contribution < 1.29 is 13.3 Å². The quantitative estimate of drug-likeness (QED) is 0.578. The molecule has 0 amide bonds. The molecule has 1 N–H and O–H groups in total. The van der Waals surface area contributed by atoms with Crippen molar-refractivity contribution in [3.63, 3.8) is 0 Å². The van der Waals surface area contributed by atoms with E-state index >= 15 is 0 Å². The van der Waals surface area contributed by atoms with Crippen LogP contribution in [-0.2, 0) is 10.0 Å². The number of nitrogens with one attached hydrogen (secondary N) is 1. The van der Waals surface area contributed by atoms with E-state index < -0.39 is 14.9 Å². The Morgan fingerprint density at radius 2 is 1.79 bits per heavy atom. The SMILES string of the molecule is Cc1c(NS(=O)(=O)c2cccc3cccnc23)cccc1[N+](=O)[O-]. The summed E-state index contributed by atoms with van der Waals surface area (Å²) >= 11 is 0. The van der Waals surface area contributed by atoms with E-state index in [1.54, 1.807) is 24.3 Å². The van der Waals surface area contributed by atoms with Crippen LogP contribution in [0.3, 0.4) is 0 Å². The molecule has 2 aromatic carbocycles. The molecule has 0 radical (unpaired) electrons. The van der Waals surface area contributed by atoms with Crippen LogP contribution in [0.1, 0.15) is 5.56 Å². The maximum atomic E-state index is 12.7. The van der Waals surface area contributed by atoms with E-state index in [0.29, 0.717) is 10.9 Å². The van der Waals surface area contributed by atoms with Crippen LogP contribution >= 0.6 is 0 Å². The number of anilines is 1. The minimum absolute atomic E-state index is 0.0199. The zero-order valence-corrected chi connectivity index (χ0v) is 13.4. The van der Waals surface area contributed by atoms with Crippen LogP contribution in [-0.4, -0.2) is 18.3 Å². The molecule has 7 nitrogen and oxygen atoms in total. The molecule has 122 valence electrons. The second-order valence-electron chi connectivity index (χ2n) is 5.14. The van der Waals surface area contributed by atoms with Gasteiger partial charge in [0.05, 0.1) is 21.7 Å². The molecule has 0 aliphatic carbocycles. The predicted octanol–water partition coefficient (Wildman–Crippen LogP) is 3.25. The summed E-state index contributed by atoms with van der Waals surface area (Å²) in [5, 5.41) is 11.7. The molecule has 3 rings (SSSR count). The van der Waals surface area contributed by atoms with Gasteiger partial charge in [0.2, 0.25) is 0 Å². The number of nitro groups is 1. The van der Waals surface area contributed by atoms with Gasteiger partial charge in [-0.3, -0.25) is 19.8 Å². The smallest absolute Gasteiger partial charge is 0.274 e. The molecule has 1 aromatic heterocycles. The number of para-hydroxylation sites is 1. The molecule has 0 atom stereocenters. The summed E-state index contributed by atoms with van der Waals surface area (Å²) < 4.78 is 27.9. The van der Waals surface area contributed by atoms with Crippen molar-refractivity contribution in [2.45, 2.75) is 11.8 Å². The summed E-state index contributed by atoms with van der Waals surface area (Å²) in [6, 6.07) is 12.6. The van der Waals surface area contributed by atoms with Gasteiger partial charge in [-0.05, 0) is 25.1 Å². The number of rotatable bonds is 4. The van der Waals surface area contributed by atoms with Crippen molar-refractivity contribution in [1.82, 2.24) is 4.98 Å². The molecule has 0 fully saturated rings. The molecule has 24 heavy (non-hydrogen) atoms. The van der Waals surface area contributed by atoms with Gasteiger partial charge in [-0.2, -0.15) is 0 Å². The van der Waals surface area contributed by atoms with E-state index in [1.165, 1.54) is 37.4 Å². The molecule has 0 aliphatic rings. The molecule has 1 heterocycles. The maximum absolute atomic E-state index is 12.7. The van der Waals surface area contributed by atoms with Gasteiger partial charge in [0.15, 0.2) is 0 Å². The Morgan fingerprint density at radius 3 is 2.54 bits per heavy atom. The summed E-state index contributed by atoms with van der Waals surface area (Å²) in [6.07, 6.45) is 1.51. The second kappa shape index (κ2) is 5.89. The van der Waals surface area contributed by atoms with Crippen molar-refractivity contribution in [1.29, 1.82) is 0 Å². The highest BCUT2D eigenvalue weighted by Gasteiger charge is 2.21. The maximum Gasteiger partial charge on any atom is 0.274 e. The third-order valence-electron chi connectivity index (χ3n) is 3.63. The summed E-state index contributed by atoms with van der Waals surface area (Å²) in [5.74, 6) is 0. The zero-order valence-electron chi connectivity index (χ0n) is 12.6. The van der Waals surface area contributed by atoms with Gasteiger partial charge in [-0.15, -0.1) is 0 Å². The first-order valence-electron chi connectivity index (χ1n) is 7.01. The van der Waals surface area contributed by atoms with Crippen LogP contribution in [0.2, 0.25) is 0 Å². The lowest BCUT2D eigenvalue weighted by molar-refractivity contribution is -0.385. The van der Waals surface area contributed by atoms with Gasteiger partial charge in [0, 0.05) is 17.6 Å². The number of hydrogen-bond acceptors (Lipinski definition) is 5. The van der Waals surface area contributed by atoms with E-state index in [1.807, 2.05) is 0 Å². The number of nitrogens with zero attached hydrogens (tertiary/aromatic N) is 2. The zero-order chi connectivity index (χ0) is 17.3. The molecule has 0 bridgehead atoms. The average Bonchev–Trinajstić information content (AvgIpc) is 2.55. The van der Waals surface area contributed by atoms with Crippen molar-refractivity contribution >= 4 is 32.3 Å². The first kappa shape index (κ1) is 15.9. The fraction of sp³-hybridized carbons (Fsp3) is 0.0625. The molecular formula is C16H13N3O4S. The van der Waals surface area contributed by atoms with Crippen LogP contribution in [0.5, 0.6) is 0 Å². The number of aromatic nitrogens is 1. The highest BCUT2D eigenvalue weighted by Crippen LogP contribution is 2.28. The van der Waals surface area contributed by atoms with Crippen molar-refractivity contribution in [3.8, 4) is 0 Å². The van der Waals surface area contributed by atoms with Crippen LogP contribution < -0.4 is 4.72 Å². The Kier molecular flexibility index (Phi) is 3.90. The fourth-order valence-electron chi connectivity index (χ4n) is 2.42. The van der Waals surface area contributed by atoms with Crippen LogP contribution in [0.25, 0.3) is 10.9 Å². The van der Waals surface area contributed by atoms with E-state index in [-0.39, 0.29) is 21.8 Å². The van der Waals surface area contributed by atoms with Gasteiger partial charge in [0.1, 0.15) is 4.90 Å². The number of sulfonamides is 1.